The molecule has 0 radical (unpaired) electrons. The number of aryl methyl sites for hydroxylation is 1. The number of carboxylic acid groups (broad SMARTS) is 1. The van der Waals surface area contributed by atoms with Crippen molar-refractivity contribution in [1.82, 2.24) is 0 Å². The van der Waals surface area contributed by atoms with Crippen LogP contribution in [0.1, 0.15) is 33.9 Å². The first kappa shape index (κ1) is 9.68. The summed E-state index contributed by atoms with van der Waals surface area (Å²) < 4.78 is 0.612. The van der Waals surface area contributed by atoms with Crippen LogP contribution in [0.15, 0.2) is 16.6 Å². The highest BCUT2D eigenvalue weighted by Crippen LogP contribution is 2.33. The van der Waals surface area contributed by atoms with Crippen molar-refractivity contribution in [2.45, 2.75) is 18.9 Å². The summed E-state index contributed by atoms with van der Waals surface area (Å²) in [5.41, 5.74) is 8.33. The summed E-state index contributed by atoms with van der Waals surface area (Å²) in [6.45, 7) is 0. The zero-order valence-corrected chi connectivity index (χ0v) is 9.04. The van der Waals surface area contributed by atoms with E-state index < -0.39 is 5.97 Å². The summed E-state index contributed by atoms with van der Waals surface area (Å²) in [5.74, 6) is -0.903. The first-order valence-electron chi connectivity index (χ1n) is 4.41. The molecular formula is C10H10BrNO2. The van der Waals surface area contributed by atoms with Crippen molar-refractivity contribution in [2.75, 3.05) is 0 Å². The number of fused-ring (bicyclic) bond motifs is 1. The quantitative estimate of drug-likeness (QED) is 0.808. The average molecular weight is 256 g/mol. The zero-order chi connectivity index (χ0) is 10.3. The van der Waals surface area contributed by atoms with Crippen LogP contribution in [-0.2, 0) is 6.42 Å². The third-order valence-corrected chi connectivity index (χ3v) is 3.24. The highest BCUT2D eigenvalue weighted by molar-refractivity contribution is 9.10. The molecule has 0 heterocycles. The van der Waals surface area contributed by atoms with Crippen LogP contribution in [0.5, 0.6) is 0 Å². The lowest BCUT2D eigenvalue weighted by Gasteiger charge is -2.07. The minimum Gasteiger partial charge on any atom is -0.478 e. The molecular weight excluding hydrogens is 246 g/mol. The van der Waals surface area contributed by atoms with Crippen LogP contribution in [0.4, 0.5) is 0 Å². The van der Waals surface area contributed by atoms with Gasteiger partial charge in [-0.1, -0.05) is 0 Å². The molecule has 2 rings (SSSR count). The Morgan fingerprint density at radius 2 is 2.29 bits per heavy atom. The maximum absolute atomic E-state index is 10.8. The molecule has 0 saturated heterocycles. The Labute approximate surface area is 90.0 Å². The second kappa shape index (κ2) is 3.37. The Morgan fingerprint density at radius 3 is 2.93 bits per heavy atom. The number of halogens is 1. The van der Waals surface area contributed by atoms with Crippen LogP contribution >= 0.6 is 15.9 Å². The van der Waals surface area contributed by atoms with Crippen molar-refractivity contribution in [3.63, 3.8) is 0 Å². The van der Waals surface area contributed by atoms with Gasteiger partial charge >= 0.3 is 5.97 Å². The van der Waals surface area contributed by atoms with Gasteiger partial charge in [-0.25, -0.2) is 4.79 Å². The van der Waals surface area contributed by atoms with Gasteiger partial charge in [-0.2, -0.15) is 0 Å². The van der Waals surface area contributed by atoms with Gasteiger partial charge in [-0.3, -0.25) is 0 Å². The minimum absolute atomic E-state index is 0.0594. The Morgan fingerprint density at radius 1 is 1.57 bits per heavy atom. The number of rotatable bonds is 1. The molecule has 0 bridgehead atoms. The van der Waals surface area contributed by atoms with Crippen LogP contribution in [0, 0.1) is 0 Å². The summed E-state index contributed by atoms with van der Waals surface area (Å²) in [6.07, 6.45) is 1.79. The van der Waals surface area contributed by atoms with Crippen molar-refractivity contribution in [3.8, 4) is 0 Å². The van der Waals surface area contributed by atoms with Gasteiger partial charge in [0.2, 0.25) is 0 Å². The largest absolute Gasteiger partial charge is 0.478 e. The Balaban J connectivity index is 2.55. The van der Waals surface area contributed by atoms with Crippen LogP contribution in [-0.4, -0.2) is 11.1 Å². The summed E-state index contributed by atoms with van der Waals surface area (Å²) in [6, 6.07) is 3.61. The van der Waals surface area contributed by atoms with E-state index >= 15 is 0 Å². The summed E-state index contributed by atoms with van der Waals surface area (Å²) >= 11 is 3.24. The molecule has 1 aromatic rings. The molecule has 0 saturated carbocycles. The van der Waals surface area contributed by atoms with E-state index in [9.17, 15) is 4.79 Å². The number of carboxylic acids is 1. The van der Waals surface area contributed by atoms with Crippen molar-refractivity contribution >= 4 is 21.9 Å². The molecule has 0 amide bonds. The van der Waals surface area contributed by atoms with E-state index in [0.29, 0.717) is 10.0 Å². The first-order valence-corrected chi connectivity index (χ1v) is 5.20. The average Bonchev–Trinajstić information content (AvgIpc) is 2.46. The SMILES string of the molecule is N[C@@H]1CCc2cc(C(=O)O)c(Br)cc21. The van der Waals surface area contributed by atoms with Crippen LogP contribution in [0.2, 0.25) is 0 Å². The Kier molecular flexibility index (Phi) is 2.33. The lowest BCUT2D eigenvalue weighted by molar-refractivity contribution is 0.0696. The lowest BCUT2D eigenvalue weighted by Crippen LogP contribution is -2.06. The number of aromatic carboxylic acids is 1. The second-order valence-electron chi connectivity index (χ2n) is 3.48. The topological polar surface area (TPSA) is 63.3 Å². The predicted octanol–water partition coefficient (Wildman–Crippen LogP) is 2.09. The third kappa shape index (κ3) is 1.44. The number of benzene rings is 1. The van der Waals surface area contributed by atoms with E-state index in [1.54, 1.807) is 6.07 Å². The molecule has 3 nitrogen and oxygen atoms in total. The number of hydrogen-bond donors (Lipinski definition) is 2. The predicted molar refractivity (Wildman–Crippen MR) is 56.4 cm³/mol. The second-order valence-corrected chi connectivity index (χ2v) is 4.34. The van der Waals surface area contributed by atoms with Crippen molar-refractivity contribution in [2.24, 2.45) is 5.73 Å². The normalized spacial score (nSPS) is 19.4. The molecule has 74 valence electrons. The number of hydrogen-bond acceptors (Lipinski definition) is 2. The fourth-order valence-corrected chi connectivity index (χ4v) is 2.36. The summed E-state index contributed by atoms with van der Waals surface area (Å²) in [5, 5.41) is 8.90. The zero-order valence-electron chi connectivity index (χ0n) is 7.46. The van der Waals surface area contributed by atoms with E-state index in [1.807, 2.05) is 6.07 Å². The molecule has 4 heteroatoms. The smallest absolute Gasteiger partial charge is 0.336 e. The first-order chi connectivity index (χ1) is 6.59. The van der Waals surface area contributed by atoms with Gasteiger partial charge in [-0.05, 0) is 52.0 Å². The number of carbonyl (C=O) groups is 1. The lowest BCUT2D eigenvalue weighted by atomic mass is 10.1. The van der Waals surface area contributed by atoms with E-state index in [1.165, 1.54) is 0 Å². The fraction of sp³-hybridized carbons (Fsp3) is 0.300. The standard InChI is InChI=1S/C10H10BrNO2/c11-8-4-6-5(1-2-9(6)12)3-7(8)10(13)14/h3-4,9H,1-2,12H2,(H,13,14)/t9-/m1/s1. The molecule has 1 atom stereocenters. The fourth-order valence-electron chi connectivity index (χ4n) is 1.83. The van der Waals surface area contributed by atoms with Gasteiger partial charge in [0.05, 0.1) is 5.56 Å². The van der Waals surface area contributed by atoms with Gasteiger partial charge in [0.15, 0.2) is 0 Å². The monoisotopic (exact) mass is 255 g/mol. The Hall–Kier alpha value is -0.870. The summed E-state index contributed by atoms with van der Waals surface area (Å²) in [4.78, 5) is 10.8. The summed E-state index contributed by atoms with van der Waals surface area (Å²) in [7, 11) is 0. The minimum atomic E-state index is -0.903. The molecule has 0 spiro atoms. The highest BCUT2D eigenvalue weighted by Gasteiger charge is 2.22. The Bertz CT molecular complexity index is 403. The van der Waals surface area contributed by atoms with Gasteiger partial charge in [0.1, 0.15) is 0 Å². The molecule has 1 aliphatic carbocycles. The maximum Gasteiger partial charge on any atom is 0.336 e. The van der Waals surface area contributed by atoms with Crippen LogP contribution in [0.25, 0.3) is 0 Å². The van der Waals surface area contributed by atoms with Crippen molar-refractivity contribution in [1.29, 1.82) is 0 Å². The van der Waals surface area contributed by atoms with Crippen molar-refractivity contribution in [3.05, 3.63) is 33.3 Å². The molecule has 0 aliphatic heterocycles. The van der Waals surface area contributed by atoms with E-state index in [-0.39, 0.29) is 6.04 Å². The van der Waals surface area contributed by atoms with Gasteiger partial charge in [0.25, 0.3) is 0 Å². The van der Waals surface area contributed by atoms with Gasteiger partial charge in [-0.15, -0.1) is 0 Å². The molecule has 0 aromatic heterocycles. The van der Waals surface area contributed by atoms with E-state index in [0.717, 1.165) is 24.0 Å². The third-order valence-electron chi connectivity index (χ3n) is 2.58. The molecule has 0 fully saturated rings. The molecule has 0 unspecified atom stereocenters. The van der Waals surface area contributed by atoms with E-state index in [2.05, 4.69) is 15.9 Å². The van der Waals surface area contributed by atoms with Crippen LogP contribution < -0.4 is 5.73 Å². The highest BCUT2D eigenvalue weighted by atomic mass is 79.9. The molecule has 1 aliphatic rings. The van der Waals surface area contributed by atoms with Crippen LogP contribution in [0.3, 0.4) is 0 Å². The molecule has 3 N–H and O–H groups in total. The maximum atomic E-state index is 10.8. The number of nitrogens with two attached hydrogens (primary N) is 1. The van der Waals surface area contributed by atoms with E-state index in [4.69, 9.17) is 10.8 Å². The molecule has 14 heavy (non-hydrogen) atoms. The van der Waals surface area contributed by atoms with Gasteiger partial charge in [0, 0.05) is 10.5 Å². The van der Waals surface area contributed by atoms with Crippen molar-refractivity contribution < 1.29 is 9.90 Å². The van der Waals surface area contributed by atoms with Gasteiger partial charge < -0.3 is 10.8 Å². The molecule has 1 aromatic carbocycles.